The van der Waals surface area contributed by atoms with Crippen LogP contribution in [0.2, 0.25) is 0 Å². The van der Waals surface area contributed by atoms with Crippen LogP contribution in [0.1, 0.15) is 19.4 Å². The first-order chi connectivity index (χ1) is 12.9. The van der Waals surface area contributed by atoms with Crippen molar-refractivity contribution in [3.8, 4) is 0 Å². The van der Waals surface area contributed by atoms with Gasteiger partial charge in [-0.05, 0) is 31.5 Å². The van der Waals surface area contributed by atoms with Gasteiger partial charge in [-0.25, -0.2) is 23.1 Å². The molecule has 0 atom stereocenters. The summed E-state index contributed by atoms with van der Waals surface area (Å²) in [5.74, 6) is -1.64. The van der Waals surface area contributed by atoms with E-state index in [1.54, 1.807) is 13.8 Å². The molecule has 3 rings (SSSR count). The number of anilines is 1. The van der Waals surface area contributed by atoms with Crippen molar-refractivity contribution in [2.24, 2.45) is 0 Å². The third-order valence-electron chi connectivity index (χ3n) is 4.01. The number of carbonyl (C=O) groups is 1. The molecule has 0 aliphatic heterocycles. The zero-order valence-electron chi connectivity index (χ0n) is 14.8. The first-order valence-electron chi connectivity index (χ1n) is 8.35. The van der Waals surface area contributed by atoms with Crippen molar-refractivity contribution in [1.82, 2.24) is 14.3 Å². The summed E-state index contributed by atoms with van der Waals surface area (Å²) in [4.78, 5) is 26.5. The molecule has 0 unspecified atom stereocenters. The fourth-order valence-corrected chi connectivity index (χ4v) is 2.73. The van der Waals surface area contributed by atoms with Crippen molar-refractivity contribution < 1.29 is 13.6 Å². The molecule has 140 valence electrons. The summed E-state index contributed by atoms with van der Waals surface area (Å²) in [5.41, 5.74) is 0.0960. The summed E-state index contributed by atoms with van der Waals surface area (Å²) in [6.07, 6.45) is 1.10. The summed E-state index contributed by atoms with van der Waals surface area (Å²) < 4.78 is 29.3. The van der Waals surface area contributed by atoms with E-state index < -0.39 is 29.4 Å². The average Bonchev–Trinajstić information content (AvgIpc) is 2.98. The van der Waals surface area contributed by atoms with E-state index in [9.17, 15) is 18.4 Å². The Labute approximate surface area is 154 Å². The summed E-state index contributed by atoms with van der Waals surface area (Å²) >= 11 is 0. The molecule has 6 nitrogen and oxygen atoms in total. The lowest BCUT2D eigenvalue weighted by Crippen LogP contribution is -2.44. The van der Waals surface area contributed by atoms with Crippen molar-refractivity contribution in [3.05, 3.63) is 82.5 Å². The normalized spacial score (nSPS) is 11.0. The molecule has 0 radical (unpaired) electrons. The highest BCUT2D eigenvalue weighted by molar-refractivity contribution is 5.94. The largest absolute Gasteiger partial charge is 0.354 e. The smallest absolute Gasteiger partial charge is 0.288 e. The number of benzene rings is 2. The molecule has 0 fully saturated rings. The fraction of sp³-hybridized carbons (Fsp3) is 0.211. The summed E-state index contributed by atoms with van der Waals surface area (Å²) in [5, 5.41) is 3.97. The summed E-state index contributed by atoms with van der Waals surface area (Å²) in [6.45, 7) is 3.53. The van der Waals surface area contributed by atoms with E-state index >= 15 is 0 Å². The Morgan fingerprint density at radius 2 is 1.85 bits per heavy atom. The third-order valence-corrected chi connectivity index (χ3v) is 4.01. The van der Waals surface area contributed by atoms with E-state index in [4.69, 9.17) is 0 Å². The Balaban J connectivity index is 1.95. The minimum absolute atomic E-state index is 0.112. The maximum Gasteiger partial charge on any atom is 0.354 e. The van der Waals surface area contributed by atoms with Gasteiger partial charge in [-0.3, -0.25) is 4.90 Å². The zero-order valence-corrected chi connectivity index (χ0v) is 14.8. The quantitative estimate of drug-likeness (QED) is 0.706. The van der Waals surface area contributed by atoms with Crippen molar-refractivity contribution >= 4 is 11.7 Å². The van der Waals surface area contributed by atoms with Crippen LogP contribution in [-0.2, 0) is 6.54 Å². The molecule has 0 aliphatic rings. The van der Waals surface area contributed by atoms with E-state index in [2.05, 4.69) is 5.10 Å². The molecule has 0 aliphatic carbocycles. The molecule has 0 saturated heterocycles. The minimum Gasteiger partial charge on any atom is -0.288 e. The molecular weight excluding hydrogens is 354 g/mol. The van der Waals surface area contributed by atoms with Crippen LogP contribution in [0.5, 0.6) is 0 Å². The van der Waals surface area contributed by atoms with Crippen molar-refractivity contribution in [2.45, 2.75) is 26.4 Å². The highest BCUT2D eigenvalue weighted by Crippen LogP contribution is 2.23. The van der Waals surface area contributed by atoms with Gasteiger partial charge in [0, 0.05) is 12.1 Å². The molecule has 1 amide bonds. The molecular formula is C19H18F2N4O2. The Bertz CT molecular complexity index is 1010. The second-order valence-corrected chi connectivity index (χ2v) is 6.27. The predicted octanol–water partition coefficient (Wildman–Crippen LogP) is 3.25. The summed E-state index contributed by atoms with van der Waals surface area (Å²) in [6, 6.07) is 10.9. The van der Waals surface area contributed by atoms with Crippen molar-refractivity contribution in [1.29, 1.82) is 0 Å². The van der Waals surface area contributed by atoms with E-state index in [0.29, 0.717) is 6.07 Å². The maximum absolute atomic E-state index is 14.2. The number of nitrogens with zero attached hydrogens (tertiary/aromatic N) is 4. The molecule has 27 heavy (non-hydrogen) atoms. The van der Waals surface area contributed by atoms with E-state index in [-0.39, 0.29) is 12.2 Å². The lowest BCUT2D eigenvalue weighted by atomic mass is 10.2. The average molecular weight is 372 g/mol. The van der Waals surface area contributed by atoms with Crippen molar-refractivity contribution in [2.75, 3.05) is 4.90 Å². The number of rotatable bonds is 4. The van der Waals surface area contributed by atoms with E-state index in [1.165, 1.54) is 6.07 Å². The lowest BCUT2D eigenvalue weighted by molar-refractivity contribution is 0.245. The second kappa shape index (κ2) is 7.53. The van der Waals surface area contributed by atoms with Crippen LogP contribution in [-0.4, -0.2) is 26.4 Å². The number of amides is 1. The van der Waals surface area contributed by atoms with Gasteiger partial charge in [0.15, 0.2) is 0 Å². The van der Waals surface area contributed by atoms with Crippen LogP contribution in [0, 0.1) is 11.6 Å². The monoisotopic (exact) mass is 372 g/mol. The number of aromatic nitrogens is 3. The highest BCUT2D eigenvalue weighted by atomic mass is 19.1. The molecule has 0 saturated carbocycles. The number of hydrogen-bond acceptors (Lipinski definition) is 3. The van der Waals surface area contributed by atoms with Gasteiger partial charge in [-0.1, -0.05) is 30.3 Å². The van der Waals surface area contributed by atoms with Gasteiger partial charge in [-0.15, -0.1) is 0 Å². The Kier molecular flexibility index (Phi) is 5.16. The first kappa shape index (κ1) is 18.5. The third kappa shape index (κ3) is 3.79. The first-order valence-corrected chi connectivity index (χ1v) is 8.35. The number of carbonyl (C=O) groups excluding carboxylic acids is 1. The second-order valence-electron chi connectivity index (χ2n) is 6.27. The predicted molar refractivity (Wildman–Crippen MR) is 96.8 cm³/mol. The molecule has 3 aromatic rings. The fourth-order valence-electron chi connectivity index (χ4n) is 2.73. The van der Waals surface area contributed by atoms with Gasteiger partial charge in [0.1, 0.15) is 18.0 Å². The van der Waals surface area contributed by atoms with Crippen LogP contribution in [0.3, 0.4) is 0 Å². The molecule has 1 heterocycles. The summed E-state index contributed by atoms with van der Waals surface area (Å²) in [7, 11) is 0. The molecule has 0 bridgehead atoms. The Morgan fingerprint density at radius 1 is 1.15 bits per heavy atom. The van der Waals surface area contributed by atoms with Gasteiger partial charge in [0.05, 0.1) is 12.2 Å². The van der Waals surface area contributed by atoms with E-state index in [0.717, 1.165) is 32.1 Å². The number of halogens is 2. The van der Waals surface area contributed by atoms with Gasteiger partial charge in [-0.2, -0.15) is 9.67 Å². The van der Waals surface area contributed by atoms with Gasteiger partial charge in [0.25, 0.3) is 0 Å². The molecule has 2 aromatic carbocycles. The Hall–Kier alpha value is -3.29. The Morgan fingerprint density at radius 3 is 2.48 bits per heavy atom. The van der Waals surface area contributed by atoms with Gasteiger partial charge in [0.2, 0.25) is 0 Å². The maximum atomic E-state index is 14.2. The van der Waals surface area contributed by atoms with E-state index in [1.807, 2.05) is 30.3 Å². The lowest BCUT2D eigenvalue weighted by Gasteiger charge is -2.26. The SMILES string of the molecule is CC(C)N(C(=O)n1cnn(Cc2ccccc2)c1=O)c1ccc(F)cc1F. The molecule has 0 N–H and O–H groups in total. The highest BCUT2D eigenvalue weighted by Gasteiger charge is 2.26. The van der Waals surface area contributed by atoms with Crippen LogP contribution < -0.4 is 10.6 Å². The van der Waals surface area contributed by atoms with Crippen molar-refractivity contribution in [3.63, 3.8) is 0 Å². The topological polar surface area (TPSA) is 60.1 Å². The molecule has 0 spiro atoms. The standard InChI is InChI=1S/C19H18F2N4O2/c1-13(2)25(17-9-8-15(20)10-16(17)21)19(27)23-12-22-24(18(23)26)11-14-6-4-3-5-7-14/h3-10,12-13H,11H2,1-2H3. The molecule has 1 aromatic heterocycles. The van der Waals surface area contributed by atoms with Crippen LogP contribution in [0.15, 0.2) is 59.7 Å². The number of hydrogen-bond donors (Lipinski definition) is 0. The van der Waals surface area contributed by atoms with Crippen LogP contribution >= 0.6 is 0 Å². The zero-order chi connectivity index (χ0) is 19.6. The van der Waals surface area contributed by atoms with Gasteiger partial charge >= 0.3 is 11.7 Å². The minimum atomic E-state index is -0.887. The van der Waals surface area contributed by atoms with Crippen LogP contribution in [0.4, 0.5) is 19.3 Å². The van der Waals surface area contributed by atoms with Gasteiger partial charge < -0.3 is 0 Å². The molecule has 8 heteroatoms. The van der Waals surface area contributed by atoms with Crippen LogP contribution in [0.25, 0.3) is 0 Å².